The van der Waals surface area contributed by atoms with Crippen LogP contribution in [0.25, 0.3) is 0 Å². The fourth-order valence-electron chi connectivity index (χ4n) is 4.04. The monoisotopic (exact) mass is 421 g/mol. The Labute approximate surface area is 181 Å². The van der Waals surface area contributed by atoms with E-state index >= 15 is 0 Å². The van der Waals surface area contributed by atoms with Crippen molar-refractivity contribution in [3.8, 4) is 0 Å². The highest BCUT2D eigenvalue weighted by molar-refractivity contribution is 5.85. The zero-order valence-corrected chi connectivity index (χ0v) is 17.5. The molecule has 0 bridgehead atoms. The van der Waals surface area contributed by atoms with E-state index < -0.39 is 12.1 Å². The Morgan fingerprint density at radius 2 is 1.87 bits per heavy atom. The zero-order chi connectivity index (χ0) is 21.1. The van der Waals surface area contributed by atoms with Gasteiger partial charge in [-0.1, -0.05) is 48.5 Å². The van der Waals surface area contributed by atoms with Gasteiger partial charge in [0.25, 0.3) is 6.35 Å². The van der Waals surface area contributed by atoms with Crippen LogP contribution in [0.4, 0.5) is 0 Å². The van der Waals surface area contributed by atoms with E-state index in [4.69, 9.17) is 14.2 Å². The van der Waals surface area contributed by atoms with E-state index in [-0.39, 0.29) is 5.92 Å². The third-order valence-corrected chi connectivity index (χ3v) is 5.68. The number of guanidine groups is 1. The highest BCUT2D eigenvalue weighted by atomic mass is 16.7. The minimum Gasteiger partial charge on any atom is -0.435 e. The van der Waals surface area contributed by atoms with Crippen molar-refractivity contribution >= 4 is 11.9 Å². The number of rotatable bonds is 5. The van der Waals surface area contributed by atoms with Crippen LogP contribution in [0.5, 0.6) is 0 Å². The Kier molecular flexibility index (Phi) is 5.48. The molecule has 2 atom stereocenters. The number of ether oxygens (including phenoxy) is 3. The lowest BCUT2D eigenvalue weighted by Gasteiger charge is -2.29. The molecule has 8 heteroatoms. The molecule has 1 saturated heterocycles. The van der Waals surface area contributed by atoms with Crippen LogP contribution < -0.4 is 16.1 Å². The molecule has 0 spiro atoms. The molecule has 2 unspecified atom stereocenters. The fraction of sp³-hybridized carbons (Fsp3) is 0.391. The van der Waals surface area contributed by atoms with E-state index in [1.54, 1.807) is 0 Å². The van der Waals surface area contributed by atoms with E-state index in [2.05, 4.69) is 45.2 Å². The molecule has 2 aromatic carbocycles. The number of nitrogens with zero attached hydrogens (tertiary/aromatic N) is 2. The average Bonchev–Trinajstić information content (AvgIpc) is 3.51. The van der Waals surface area contributed by atoms with Gasteiger partial charge in [-0.2, -0.15) is 0 Å². The van der Waals surface area contributed by atoms with Crippen molar-refractivity contribution < 1.29 is 14.2 Å². The second-order valence-corrected chi connectivity index (χ2v) is 7.76. The summed E-state index contributed by atoms with van der Waals surface area (Å²) in [4.78, 5) is 4.41. The maximum Gasteiger partial charge on any atom is 0.267 e. The molecular weight excluding hydrogens is 394 g/mol. The Balaban J connectivity index is 1.34. The number of hydrazone groups is 1. The summed E-state index contributed by atoms with van der Waals surface area (Å²) in [6, 6.07) is 18.3. The number of hydrogen-bond donors (Lipinski definition) is 3. The third-order valence-electron chi connectivity index (χ3n) is 5.68. The number of hydrogen-bond acceptors (Lipinski definition) is 8. The van der Waals surface area contributed by atoms with Crippen molar-refractivity contribution in [3.05, 3.63) is 71.3 Å². The van der Waals surface area contributed by atoms with Crippen molar-refractivity contribution in [1.29, 1.82) is 0 Å². The Morgan fingerprint density at radius 3 is 2.65 bits per heavy atom. The smallest absolute Gasteiger partial charge is 0.267 e. The SMILES string of the molecule is CC(C1=NNC(NC2=NCCCN2)O1)c1cccc(C2(c3ccccc3)OCCO2)c1. The van der Waals surface area contributed by atoms with E-state index in [0.29, 0.717) is 19.1 Å². The van der Waals surface area contributed by atoms with Gasteiger partial charge in [-0.05, 0) is 25.0 Å². The summed E-state index contributed by atoms with van der Waals surface area (Å²) in [6.45, 7) is 4.90. The van der Waals surface area contributed by atoms with Crippen molar-refractivity contribution in [2.75, 3.05) is 26.3 Å². The van der Waals surface area contributed by atoms with E-state index in [1.807, 2.05) is 42.5 Å². The first kappa shape index (κ1) is 19.8. The first-order valence-corrected chi connectivity index (χ1v) is 10.7. The van der Waals surface area contributed by atoms with E-state index in [1.165, 1.54) is 0 Å². The highest BCUT2D eigenvalue weighted by Crippen LogP contribution is 2.39. The molecule has 3 heterocycles. The van der Waals surface area contributed by atoms with Gasteiger partial charge < -0.3 is 24.8 Å². The summed E-state index contributed by atoms with van der Waals surface area (Å²) >= 11 is 0. The second-order valence-electron chi connectivity index (χ2n) is 7.76. The fourth-order valence-corrected chi connectivity index (χ4v) is 4.04. The number of nitrogens with one attached hydrogen (secondary N) is 3. The van der Waals surface area contributed by atoms with Gasteiger partial charge in [0.1, 0.15) is 0 Å². The molecule has 31 heavy (non-hydrogen) atoms. The van der Waals surface area contributed by atoms with Crippen LogP contribution >= 0.6 is 0 Å². The van der Waals surface area contributed by atoms with Gasteiger partial charge in [0.2, 0.25) is 11.7 Å². The predicted octanol–water partition coefficient (Wildman–Crippen LogP) is 2.19. The number of benzene rings is 2. The molecule has 8 nitrogen and oxygen atoms in total. The van der Waals surface area contributed by atoms with Gasteiger partial charge in [0.15, 0.2) is 5.96 Å². The normalized spacial score (nSPS) is 23.1. The largest absolute Gasteiger partial charge is 0.435 e. The van der Waals surface area contributed by atoms with Crippen LogP contribution in [0, 0.1) is 0 Å². The standard InChI is InChI=1S/C23H27N5O3/c1-16(20-27-28-22(31-20)26-21-24-11-6-12-25-21)17-7-5-10-19(15-17)23(29-13-14-30-23)18-8-3-2-4-9-18/h2-5,7-10,15-16,22,28H,6,11-14H2,1H3,(H2,24,25,26). The van der Waals surface area contributed by atoms with Crippen molar-refractivity contribution in [2.24, 2.45) is 10.1 Å². The van der Waals surface area contributed by atoms with Gasteiger partial charge in [-0.25, -0.2) is 0 Å². The van der Waals surface area contributed by atoms with Gasteiger partial charge in [-0.3, -0.25) is 10.4 Å². The predicted molar refractivity (Wildman–Crippen MR) is 117 cm³/mol. The molecule has 3 aliphatic heterocycles. The van der Waals surface area contributed by atoms with Crippen molar-refractivity contribution in [1.82, 2.24) is 16.1 Å². The van der Waals surface area contributed by atoms with Gasteiger partial charge in [0.05, 0.1) is 19.1 Å². The molecule has 0 amide bonds. The molecular formula is C23H27N5O3. The van der Waals surface area contributed by atoms with E-state index in [0.717, 1.165) is 42.2 Å². The van der Waals surface area contributed by atoms with Gasteiger partial charge in [0, 0.05) is 24.2 Å². The molecule has 0 radical (unpaired) electrons. The molecule has 0 saturated carbocycles. The average molecular weight is 422 g/mol. The summed E-state index contributed by atoms with van der Waals surface area (Å²) in [5, 5.41) is 10.8. The second kappa shape index (κ2) is 8.56. The van der Waals surface area contributed by atoms with Crippen LogP contribution in [0.3, 0.4) is 0 Å². The molecule has 0 aromatic heterocycles. The minimum absolute atomic E-state index is 0.0465. The summed E-state index contributed by atoms with van der Waals surface area (Å²) in [5.41, 5.74) is 6.01. The summed E-state index contributed by atoms with van der Waals surface area (Å²) in [7, 11) is 0. The van der Waals surface area contributed by atoms with Crippen molar-refractivity contribution in [2.45, 2.75) is 31.4 Å². The van der Waals surface area contributed by atoms with Crippen LogP contribution in [0.1, 0.15) is 36.0 Å². The highest BCUT2D eigenvalue weighted by Gasteiger charge is 2.41. The quantitative estimate of drug-likeness (QED) is 0.686. The van der Waals surface area contributed by atoms with E-state index in [9.17, 15) is 0 Å². The molecule has 3 aliphatic rings. The zero-order valence-electron chi connectivity index (χ0n) is 17.5. The topological polar surface area (TPSA) is 88.5 Å². The summed E-state index contributed by atoms with van der Waals surface area (Å²) < 4.78 is 18.3. The first-order valence-electron chi connectivity index (χ1n) is 10.7. The molecule has 0 aliphatic carbocycles. The third kappa shape index (κ3) is 3.96. The molecule has 162 valence electrons. The summed E-state index contributed by atoms with van der Waals surface area (Å²) in [5.74, 6) is 0.417. The van der Waals surface area contributed by atoms with Crippen LogP contribution in [0.15, 0.2) is 64.7 Å². The summed E-state index contributed by atoms with van der Waals surface area (Å²) in [6.07, 6.45) is 0.596. The molecule has 2 aromatic rings. The van der Waals surface area contributed by atoms with Crippen LogP contribution in [0.2, 0.25) is 0 Å². The molecule has 1 fully saturated rings. The van der Waals surface area contributed by atoms with Crippen molar-refractivity contribution in [3.63, 3.8) is 0 Å². The maximum atomic E-state index is 6.15. The Morgan fingerprint density at radius 1 is 1.06 bits per heavy atom. The first-order chi connectivity index (χ1) is 15.2. The Bertz CT molecular complexity index is 972. The molecule has 5 rings (SSSR count). The van der Waals surface area contributed by atoms with Gasteiger partial charge in [-0.15, -0.1) is 5.10 Å². The number of aliphatic imine (C=N–C) groups is 1. The lowest BCUT2D eigenvalue weighted by atomic mass is 9.92. The maximum absolute atomic E-state index is 6.15. The molecule has 3 N–H and O–H groups in total. The lowest BCUT2D eigenvalue weighted by Crippen LogP contribution is -2.50. The van der Waals surface area contributed by atoms with Crippen LogP contribution in [-0.2, 0) is 20.0 Å². The van der Waals surface area contributed by atoms with Gasteiger partial charge >= 0.3 is 0 Å². The minimum atomic E-state index is -0.886. The Hall–Kier alpha value is -3.10. The van der Waals surface area contributed by atoms with Crippen LogP contribution in [-0.4, -0.2) is 44.5 Å². The lowest BCUT2D eigenvalue weighted by molar-refractivity contribution is -0.129.